The quantitative estimate of drug-likeness (QED) is 0.634. The second kappa shape index (κ2) is 3.43. The van der Waals surface area contributed by atoms with E-state index in [0.717, 1.165) is 17.9 Å². The van der Waals surface area contributed by atoms with Gasteiger partial charge in [-0.3, -0.25) is 0 Å². The van der Waals surface area contributed by atoms with Crippen molar-refractivity contribution in [2.24, 2.45) is 17.3 Å². The molecule has 0 aliphatic heterocycles. The maximum atomic E-state index is 2.46. The van der Waals surface area contributed by atoms with Crippen LogP contribution >= 0.6 is 12.4 Å². The lowest BCUT2D eigenvalue weighted by atomic mass is 9.72. The third-order valence-corrected chi connectivity index (χ3v) is 4.29. The van der Waals surface area contributed by atoms with Gasteiger partial charge in [0.05, 0.1) is 0 Å². The first-order chi connectivity index (χ1) is 5.53. The second-order valence-corrected chi connectivity index (χ2v) is 5.50. The van der Waals surface area contributed by atoms with Crippen LogP contribution in [0.2, 0.25) is 0 Å². The van der Waals surface area contributed by atoms with Gasteiger partial charge in [-0.05, 0) is 50.6 Å². The minimum absolute atomic E-state index is 0. The first kappa shape index (κ1) is 11.3. The van der Waals surface area contributed by atoms with Crippen LogP contribution in [0.25, 0.3) is 0 Å². The third-order valence-electron chi connectivity index (χ3n) is 4.29. The van der Waals surface area contributed by atoms with E-state index in [4.69, 9.17) is 0 Å². The van der Waals surface area contributed by atoms with E-state index in [0.29, 0.717) is 5.41 Å². The van der Waals surface area contributed by atoms with Crippen LogP contribution in [0.15, 0.2) is 0 Å². The van der Waals surface area contributed by atoms with Gasteiger partial charge in [0, 0.05) is 6.04 Å². The van der Waals surface area contributed by atoms with Crippen LogP contribution in [0.1, 0.15) is 33.1 Å². The van der Waals surface area contributed by atoms with Crippen molar-refractivity contribution >= 4 is 12.4 Å². The predicted molar refractivity (Wildman–Crippen MR) is 59.3 cm³/mol. The molecule has 2 aliphatic rings. The third kappa shape index (κ3) is 1.50. The standard InChI is InChI=1S/C11H21N.ClH/c1-11(2)9-6-5-8(7-9)10(11)12(3)4;/h8-10H,5-7H2,1-4H3;1H. The largest absolute Gasteiger partial charge is 0.306 e. The van der Waals surface area contributed by atoms with Crippen molar-refractivity contribution in [2.45, 2.75) is 39.2 Å². The fourth-order valence-corrected chi connectivity index (χ4v) is 3.92. The van der Waals surface area contributed by atoms with Gasteiger partial charge in [0.15, 0.2) is 0 Å². The molecule has 0 amide bonds. The maximum Gasteiger partial charge on any atom is 0.0171 e. The van der Waals surface area contributed by atoms with Crippen LogP contribution in [-0.2, 0) is 0 Å². The summed E-state index contributed by atoms with van der Waals surface area (Å²) in [6, 6.07) is 0.844. The predicted octanol–water partition coefficient (Wildman–Crippen LogP) is 2.79. The van der Waals surface area contributed by atoms with Crippen molar-refractivity contribution in [3.63, 3.8) is 0 Å². The molecular formula is C11H22ClN. The Morgan fingerprint density at radius 3 is 2.08 bits per heavy atom. The zero-order valence-electron chi connectivity index (χ0n) is 9.21. The Labute approximate surface area is 88.3 Å². The van der Waals surface area contributed by atoms with E-state index in [1.54, 1.807) is 0 Å². The van der Waals surface area contributed by atoms with Crippen LogP contribution in [0, 0.1) is 17.3 Å². The van der Waals surface area contributed by atoms with E-state index in [2.05, 4.69) is 32.8 Å². The van der Waals surface area contributed by atoms with Gasteiger partial charge in [-0.1, -0.05) is 13.8 Å². The van der Waals surface area contributed by atoms with Crippen molar-refractivity contribution in [2.75, 3.05) is 14.1 Å². The van der Waals surface area contributed by atoms with Gasteiger partial charge < -0.3 is 4.90 Å². The van der Waals surface area contributed by atoms with Crippen molar-refractivity contribution in [1.82, 2.24) is 4.90 Å². The Morgan fingerprint density at radius 2 is 1.77 bits per heavy atom. The van der Waals surface area contributed by atoms with Gasteiger partial charge in [-0.15, -0.1) is 12.4 Å². The summed E-state index contributed by atoms with van der Waals surface area (Å²) in [7, 11) is 4.49. The van der Waals surface area contributed by atoms with E-state index < -0.39 is 0 Å². The molecule has 2 rings (SSSR count). The van der Waals surface area contributed by atoms with Gasteiger partial charge in [-0.2, -0.15) is 0 Å². The smallest absolute Gasteiger partial charge is 0.0171 e. The fourth-order valence-electron chi connectivity index (χ4n) is 3.92. The molecule has 0 heterocycles. The number of hydrogen-bond acceptors (Lipinski definition) is 1. The molecule has 0 aromatic rings. The Bertz CT molecular complexity index is 189. The molecular weight excluding hydrogens is 182 g/mol. The number of nitrogens with zero attached hydrogens (tertiary/aromatic N) is 1. The van der Waals surface area contributed by atoms with Gasteiger partial charge in [0.2, 0.25) is 0 Å². The Balaban J connectivity index is 0.000000845. The summed E-state index contributed by atoms with van der Waals surface area (Å²) in [5.41, 5.74) is 0.576. The maximum absolute atomic E-state index is 2.46. The summed E-state index contributed by atoms with van der Waals surface area (Å²) in [6.07, 6.45) is 4.47. The average Bonchev–Trinajstić information content (AvgIpc) is 2.41. The van der Waals surface area contributed by atoms with Crippen LogP contribution in [0.5, 0.6) is 0 Å². The highest BCUT2D eigenvalue weighted by molar-refractivity contribution is 5.85. The summed E-state index contributed by atoms with van der Waals surface area (Å²) in [6.45, 7) is 4.92. The lowest BCUT2D eigenvalue weighted by Crippen LogP contribution is -2.45. The molecule has 2 heteroatoms. The molecule has 0 spiro atoms. The molecule has 2 aliphatic carbocycles. The monoisotopic (exact) mass is 203 g/mol. The SMILES string of the molecule is CN(C)C1C2CCC(C2)C1(C)C.Cl. The molecule has 0 radical (unpaired) electrons. The molecule has 2 fully saturated rings. The van der Waals surface area contributed by atoms with Crippen molar-refractivity contribution in [1.29, 1.82) is 0 Å². The van der Waals surface area contributed by atoms with E-state index in [-0.39, 0.29) is 12.4 Å². The molecule has 13 heavy (non-hydrogen) atoms. The molecule has 0 aromatic carbocycles. The highest BCUT2D eigenvalue weighted by Crippen LogP contribution is 2.56. The number of rotatable bonds is 1. The van der Waals surface area contributed by atoms with Gasteiger partial charge in [-0.25, -0.2) is 0 Å². The van der Waals surface area contributed by atoms with Crippen LogP contribution in [0.4, 0.5) is 0 Å². The summed E-state index contributed by atoms with van der Waals surface area (Å²) in [5, 5.41) is 0. The Morgan fingerprint density at radius 1 is 1.15 bits per heavy atom. The molecule has 3 atom stereocenters. The first-order valence-corrected chi connectivity index (χ1v) is 5.20. The van der Waals surface area contributed by atoms with Gasteiger partial charge in [0.1, 0.15) is 0 Å². The van der Waals surface area contributed by atoms with E-state index in [9.17, 15) is 0 Å². The zero-order valence-corrected chi connectivity index (χ0v) is 10.0. The number of fused-ring (bicyclic) bond motifs is 2. The molecule has 2 bridgehead atoms. The lowest BCUT2D eigenvalue weighted by molar-refractivity contribution is 0.0754. The highest BCUT2D eigenvalue weighted by atomic mass is 35.5. The van der Waals surface area contributed by atoms with Crippen molar-refractivity contribution in [3.8, 4) is 0 Å². The van der Waals surface area contributed by atoms with Crippen LogP contribution < -0.4 is 0 Å². The summed E-state index contributed by atoms with van der Waals surface area (Å²) in [5.74, 6) is 2.01. The molecule has 0 saturated heterocycles. The fraction of sp³-hybridized carbons (Fsp3) is 1.00. The highest BCUT2D eigenvalue weighted by Gasteiger charge is 2.53. The molecule has 78 valence electrons. The van der Waals surface area contributed by atoms with Gasteiger partial charge in [0.25, 0.3) is 0 Å². The van der Waals surface area contributed by atoms with E-state index in [1.165, 1.54) is 19.3 Å². The van der Waals surface area contributed by atoms with Gasteiger partial charge >= 0.3 is 0 Å². The number of halogens is 1. The van der Waals surface area contributed by atoms with Crippen molar-refractivity contribution in [3.05, 3.63) is 0 Å². The molecule has 2 saturated carbocycles. The van der Waals surface area contributed by atoms with E-state index >= 15 is 0 Å². The normalized spacial score (nSPS) is 40.8. The zero-order chi connectivity index (χ0) is 8.93. The topological polar surface area (TPSA) is 3.24 Å². The van der Waals surface area contributed by atoms with Crippen LogP contribution in [0.3, 0.4) is 0 Å². The van der Waals surface area contributed by atoms with Crippen molar-refractivity contribution < 1.29 is 0 Å². The summed E-state index contributed by atoms with van der Waals surface area (Å²) in [4.78, 5) is 2.45. The molecule has 0 aromatic heterocycles. The minimum atomic E-state index is 0. The molecule has 3 unspecified atom stereocenters. The van der Waals surface area contributed by atoms with E-state index in [1.807, 2.05) is 0 Å². The average molecular weight is 204 g/mol. The summed E-state index contributed by atoms with van der Waals surface area (Å²) < 4.78 is 0. The molecule has 0 N–H and O–H groups in total. The Kier molecular flexibility index (Phi) is 2.99. The summed E-state index contributed by atoms with van der Waals surface area (Å²) >= 11 is 0. The lowest BCUT2D eigenvalue weighted by Gasteiger charge is -2.42. The second-order valence-electron chi connectivity index (χ2n) is 5.50. The first-order valence-electron chi connectivity index (χ1n) is 5.20. The number of hydrogen-bond donors (Lipinski definition) is 0. The minimum Gasteiger partial charge on any atom is -0.306 e. The Hall–Kier alpha value is 0.250. The molecule has 1 nitrogen and oxygen atoms in total. The van der Waals surface area contributed by atoms with Crippen LogP contribution in [-0.4, -0.2) is 25.0 Å².